The van der Waals surface area contributed by atoms with Crippen molar-refractivity contribution < 1.29 is 4.74 Å². The van der Waals surface area contributed by atoms with E-state index in [1.807, 2.05) is 18.2 Å². The zero-order chi connectivity index (χ0) is 9.14. The molecule has 0 unspecified atom stereocenters. The number of hydrogen-bond acceptors (Lipinski definition) is 1. The minimum absolute atomic E-state index is 0.218. The summed E-state index contributed by atoms with van der Waals surface area (Å²) in [6.07, 6.45) is 0. The minimum atomic E-state index is 0.218. The normalized spacial score (nSPS) is 10.4. The molecule has 0 atom stereocenters. The van der Waals surface area contributed by atoms with Gasteiger partial charge in [-0.15, -0.1) is 0 Å². The average Bonchev–Trinajstić information content (AvgIpc) is 2.03. The van der Waals surface area contributed by atoms with Crippen molar-refractivity contribution in [1.82, 2.24) is 0 Å². The molecule has 66 valence electrons. The van der Waals surface area contributed by atoms with Crippen LogP contribution in [0.2, 0.25) is 0 Å². The molecule has 0 aliphatic heterocycles. The molecule has 1 rings (SSSR count). The fraction of sp³-hybridized carbons (Fsp3) is 0.333. The lowest BCUT2D eigenvalue weighted by molar-refractivity contribution is 0.414. The van der Waals surface area contributed by atoms with Crippen LogP contribution in [0, 0.1) is 6.92 Å². The van der Waals surface area contributed by atoms with Crippen molar-refractivity contribution in [3.63, 3.8) is 0 Å². The van der Waals surface area contributed by atoms with Gasteiger partial charge in [0.15, 0.2) is 0 Å². The van der Waals surface area contributed by atoms with Crippen molar-refractivity contribution in [1.29, 1.82) is 0 Å². The van der Waals surface area contributed by atoms with Gasteiger partial charge in [-0.3, -0.25) is 0 Å². The molecule has 0 aliphatic rings. The summed E-state index contributed by atoms with van der Waals surface area (Å²) >= 11 is 6.91. The number of ether oxygens (including phenoxy) is 1. The predicted molar refractivity (Wildman–Crippen MR) is 58.3 cm³/mol. The monoisotopic (exact) mass is 292 g/mol. The van der Waals surface area contributed by atoms with E-state index in [4.69, 9.17) is 4.74 Å². The third kappa shape index (κ3) is 2.23. The first-order chi connectivity index (χ1) is 5.65. The SMILES string of the molecule is COc1ccc(C(Br)Br)c(C)c1. The van der Waals surface area contributed by atoms with E-state index in [0.717, 1.165) is 5.75 Å². The first-order valence-corrected chi connectivity index (χ1v) is 5.41. The molecule has 0 fully saturated rings. The largest absolute Gasteiger partial charge is 0.497 e. The highest BCUT2D eigenvalue weighted by atomic mass is 79.9. The van der Waals surface area contributed by atoms with Crippen LogP contribution >= 0.6 is 31.9 Å². The summed E-state index contributed by atoms with van der Waals surface area (Å²) in [5, 5.41) is 0. The maximum absolute atomic E-state index is 5.10. The second kappa shape index (κ2) is 4.28. The third-order valence-corrected chi connectivity index (χ3v) is 2.70. The summed E-state index contributed by atoms with van der Waals surface area (Å²) in [5.74, 6) is 0.900. The van der Waals surface area contributed by atoms with Gasteiger partial charge in [-0.2, -0.15) is 0 Å². The Kier molecular flexibility index (Phi) is 3.59. The first-order valence-electron chi connectivity index (χ1n) is 3.58. The molecule has 0 bridgehead atoms. The lowest BCUT2D eigenvalue weighted by atomic mass is 10.1. The van der Waals surface area contributed by atoms with Crippen LogP contribution in [0.3, 0.4) is 0 Å². The van der Waals surface area contributed by atoms with Crippen molar-refractivity contribution >= 4 is 31.9 Å². The first kappa shape index (κ1) is 10.1. The van der Waals surface area contributed by atoms with E-state index in [1.54, 1.807) is 7.11 Å². The molecule has 1 aromatic rings. The molecular weight excluding hydrogens is 284 g/mol. The minimum Gasteiger partial charge on any atom is -0.497 e. The van der Waals surface area contributed by atoms with Crippen LogP contribution in [0.1, 0.15) is 14.9 Å². The van der Waals surface area contributed by atoms with Crippen LogP contribution in [-0.4, -0.2) is 7.11 Å². The highest BCUT2D eigenvalue weighted by Gasteiger charge is 2.06. The standard InChI is InChI=1S/C9H10Br2O/c1-6-5-7(12-2)3-4-8(6)9(10)11/h3-5,9H,1-2H3. The molecule has 0 radical (unpaired) electrons. The molecule has 0 aliphatic carbocycles. The van der Waals surface area contributed by atoms with Crippen molar-refractivity contribution in [3.05, 3.63) is 29.3 Å². The molecule has 3 heteroatoms. The van der Waals surface area contributed by atoms with Gasteiger partial charge < -0.3 is 4.74 Å². The number of rotatable bonds is 2. The summed E-state index contributed by atoms with van der Waals surface area (Å²) in [4.78, 5) is 0. The third-order valence-electron chi connectivity index (χ3n) is 1.71. The Balaban J connectivity index is 3.03. The summed E-state index contributed by atoms with van der Waals surface area (Å²) in [7, 11) is 1.67. The maximum Gasteiger partial charge on any atom is 0.119 e. The number of alkyl halides is 2. The number of aryl methyl sites for hydroxylation is 1. The zero-order valence-electron chi connectivity index (χ0n) is 6.97. The quantitative estimate of drug-likeness (QED) is 0.754. The van der Waals surface area contributed by atoms with E-state index in [1.165, 1.54) is 11.1 Å². The van der Waals surface area contributed by atoms with Crippen LogP contribution in [0.25, 0.3) is 0 Å². The predicted octanol–water partition coefficient (Wildman–Crippen LogP) is 3.79. The maximum atomic E-state index is 5.10. The van der Waals surface area contributed by atoms with Gasteiger partial charge in [-0.1, -0.05) is 37.9 Å². The van der Waals surface area contributed by atoms with E-state index in [0.29, 0.717) is 0 Å². The number of methoxy groups -OCH3 is 1. The average molecular weight is 294 g/mol. The van der Waals surface area contributed by atoms with Crippen molar-refractivity contribution in [3.8, 4) is 5.75 Å². The van der Waals surface area contributed by atoms with Gasteiger partial charge in [0.1, 0.15) is 5.75 Å². The van der Waals surface area contributed by atoms with Gasteiger partial charge in [0.2, 0.25) is 0 Å². The summed E-state index contributed by atoms with van der Waals surface area (Å²) in [6, 6.07) is 6.02. The number of hydrogen-bond donors (Lipinski definition) is 0. The van der Waals surface area contributed by atoms with Crippen LogP contribution in [0.15, 0.2) is 18.2 Å². The lowest BCUT2D eigenvalue weighted by Gasteiger charge is -2.08. The molecule has 12 heavy (non-hydrogen) atoms. The van der Waals surface area contributed by atoms with E-state index in [9.17, 15) is 0 Å². The van der Waals surface area contributed by atoms with E-state index < -0.39 is 0 Å². The number of halogens is 2. The second-order valence-corrected chi connectivity index (χ2v) is 5.58. The Morgan fingerprint density at radius 1 is 1.33 bits per heavy atom. The van der Waals surface area contributed by atoms with E-state index >= 15 is 0 Å². The molecule has 1 aromatic carbocycles. The Morgan fingerprint density at radius 2 is 2.00 bits per heavy atom. The van der Waals surface area contributed by atoms with Crippen LogP contribution < -0.4 is 4.74 Å². The molecule has 0 amide bonds. The van der Waals surface area contributed by atoms with Crippen molar-refractivity contribution in [2.75, 3.05) is 7.11 Å². The summed E-state index contributed by atoms with van der Waals surface area (Å²) in [5.41, 5.74) is 2.45. The molecule has 0 saturated carbocycles. The molecule has 0 spiro atoms. The highest BCUT2D eigenvalue weighted by Crippen LogP contribution is 2.32. The molecule has 1 nitrogen and oxygen atoms in total. The topological polar surface area (TPSA) is 9.23 Å². The summed E-state index contributed by atoms with van der Waals surface area (Å²) < 4.78 is 5.32. The van der Waals surface area contributed by atoms with Crippen molar-refractivity contribution in [2.24, 2.45) is 0 Å². The van der Waals surface area contributed by atoms with Gasteiger partial charge in [0.05, 0.1) is 10.8 Å². The fourth-order valence-electron chi connectivity index (χ4n) is 1.02. The highest BCUT2D eigenvalue weighted by molar-refractivity contribution is 9.24. The molecule has 0 saturated heterocycles. The van der Waals surface area contributed by atoms with Gasteiger partial charge in [-0.05, 0) is 30.2 Å². The Hall–Kier alpha value is -0.0200. The zero-order valence-corrected chi connectivity index (χ0v) is 10.1. The Morgan fingerprint density at radius 3 is 2.42 bits per heavy atom. The van der Waals surface area contributed by atoms with Gasteiger partial charge >= 0.3 is 0 Å². The molecule has 0 N–H and O–H groups in total. The molecular formula is C9H10Br2O. The van der Waals surface area contributed by atoms with Gasteiger partial charge in [0.25, 0.3) is 0 Å². The number of benzene rings is 1. The van der Waals surface area contributed by atoms with Crippen LogP contribution in [0.4, 0.5) is 0 Å². The molecule has 0 aromatic heterocycles. The van der Waals surface area contributed by atoms with Crippen molar-refractivity contribution in [2.45, 2.75) is 10.7 Å². The van der Waals surface area contributed by atoms with Crippen LogP contribution in [-0.2, 0) is 0 Å². The van der Waals surface area contributed by atoms with Gasteiger partial charge in [-0.25, -0.2) is 0 Å². The Labute approximate surface area is 89.4 Å². The van der Waals surface area contributed by atoms with E-state index in [-0.39, 0.29) is 3.74 Å². The molecule has 0 heterocycles. The van der Waals surface area contributed by atoms with Gasteiger partial charge in [0, 0.05) is 0 Å². The lowest BCUT2D eigenvalue weighted by Crippen LogP contribution is -1.89. The Bertz CT molecular complexity index is 271. The summed E-state index contributed by atoms with van der Waals surface area (Å²) in [6.45, 7) is 2.06. The fourth-order valence-corrected chi connectivity index (χ4v) is 2.05. The smallest absolute Gasteiger partial charge is 0.119 e. The second-order valence-electron chi connectivity index (χ2n) is 2.52. The van der Waals surface area contributed by atoms with Crippen LogP contribution in [0.5, 0.6) is 5.75 Å². The van der Waals surface area contributed by atoms with E-state index in [2.05, 4.69) is 38.8 Å².